The molecule has 1 saturated heterocycles. The van der Waals surface area contributed by atoms with Gasteiger partial charge in [-0.15, -0.1) is 11.3 Å². The molecule has 1 atom stereocenters. The van der Waals surface area contributed by atoms with Crippen molar-refractivity contribution in [1.82, 2.24) is 9.88 Å². The Kier molecular flexibility index (Phi) is 8.78. The molecule has 2 aromatic heterocycles. The lowest BCUT2D eigenvalue weighted by molar-refractivity contribution is -0.193. The average molecular weight is 623 g/mol. The minimum Gasteiger partial charge on any atom is -0.382 e. The summed E-state index contributed by atoms with van der Waals surface area (Å²) in [4.78, 5) is 24.6. The maximum atomic E-state index is 13.1. The minimum atomic E-state index is -5.34. The molecule has 0 spiro atoms. The summed E-state index contributed by atoms with van der Waals surface area (Å²) in [6.45, 7) is 0.512. The third kappa shape index (κ3) is 6.26. The number of hydrogen-bond donors (Lipinski definition) is 3. The molecule has 1 unspecified atom stereocenters. The number of aromatic nitrogens is 1. The first-order valence-electron chi connectivity index (χ1n) is 13.1. The number of nitrogens with one attached hydrogen (secondary N) is 1. The van der Waals surface area contributed by atoms with Crippen molar-refractivity contribution in [3.8, 4) is 22.4 Å². The van der Waals surface area contributed by atoms with Gasteiger partial charge in [-0.3, -0.25) is 9.11 Å². The molecule has 224 valence electrons. The first-order valence-corrected chi connectivity index (χ1v) is 15.8. The summed E-state index contributed by atoms with van der Waals surface area (Å²) in [5, 5.41) is 3.24. The van der Waals surface area contributed by atoms with Gasteiger partial charge >= 0.3 is 18.1 Å². The van der Waals surface area contributed by atoms with Gasteiger partial charge in [-0.05, 0) is 30.0 Å². The van der Waals surface area contributed by atoms with Crippen LogP contribution in [0, 0.1) is 5.92 Å². The number of carbonyl (C=O) groups excluding carboxylic acids is 2. The van der Waals surface area contributed by atoms with Crippen LogP contribution in [0.4, 0.5) is 13.2 Å². The lowest BCUT2D eigenvalue weighted by Gasteiger charge is -2.26. The van der Waals surface area contributed by atoms with E-state index in [4.69, 9.17) is 4.74 Å². The fraction of sp³-hybridized carbons (Fsp3) is 0.310. The van der Waals surface area contributed by atoms with E-state index in [-0.39, 0.29) is 29.8 Å². The number of benzene rings is 2. The highest BCUT2D eigenvalue weighted by atomic mass is 32.3. The number of fused-ring (bicyclic) bond motifs is 1. The molecule has 0 saturated carbocycles. The number of alkyl halides is 3. The molecule has 4 aromatic rings. The molecule has 1 aliphatic rings. The largest absolute Gasteiger partial charge is 0.491 e. The van der Waals surface area contributed by atoms with Crippen molar-refractivity contribution in [3.63, 3.8) is 0 Å². The summed E-state index contributed by atoms with van der Waals surface area (Å²) in [7, 11) is -1.10. The fourth-order valence-corrected chi connectivity index (χ4v) is 8.46. The molecule has 13 heteroatoms. The number of nitrogens with zero attached hydrogens (tertiary/aromatic N) is 1. The van der Waals surface area contributed by atoms with E-state index in [0.717, 1.165) is 33.7 Å². The Morgan fingerprint density at radius 2 is 1.71 bits per heavy atom. The lowest BCUT2D eigenvalue weighted by Crippen LogP contribution is -2.28. The van der Waals surface area contributed by atoms with Crippen molar-refractivity contribution < 1.29 is 41.3 Å². The van der Waals surface area contributed by atoms with E-state index in [1.54, 1.807) is 0 Å². The molecular formula is C29H29F3N2O6S2. The number of halogens is 3. The maximum absolute atomic E-state index is 13.1. The van der Waals surface area contributed by atoms with Gasteiger partial charge in [0.2, 0.25) is 0 Å². The number of rotatable bonds is 9. The van der Waals surface area contributed by atoms with E-state index >= 15 is 0 Å². The second-order valence-electron chi connectivity index (χ2n) is 10.0. The fourth-order valence-electron chi connectivity index (χ4n) is 5.27. The van der Waals surface area contributed by atoms with Crippen molar-refractivity contribution in [2.45, 2.75) is 25.9 Å². The Morgan fingerprint density at radius 1 is 1.07 bits per heavy atom. The molecule has 3 heterocycles. The first-order chi connectivity index (χ1) is 20.0. The number of thiophene rings is 1. The number of hydrogen-bond acceptors (Lipinski definition) is 8. The number of ether oxygens (including phenoxy) is 2. The topological polar surface area (TPSA) is 110 Å². The SMILES string of the molecule is COCn1c(-c2ccccc2)c(-c2ccccc2)c2sc(C(=O)OC(=O)C(F)(F)F)c(CNCC3CCS(O)(O)C3)c21. The minimum absolute atomic E-state index is 0.0168. The van der Waals surface area contributed by atoms with Crippen LogP contribution in [-0.2, 0) is 27.5 Å². The Balaban J connectivity index is 1.68. The Labute approximate surface area is 245 Å². The van der Waals surface area contributed by atoms with E-state index in [1.165, 1.54) is 7.11 Å². The van der Waals surface area contributed by atoms with Crippen LogP contribution in [-0.4, -0.2) is 56.9 Å². The molecular weight excluding hydrogens is 593 g/mol. The van der Waals surface area contributed by atoms with E-state index in [2.05, 4.69) is 10.1 Å². The first kappa shape index (κ1) is 30.3. The van der Waals surface area contributed by atoms with Gasteiger partial charge < -0.3 is 19.4 Å². The lowest BCUT2D eigenvalue weighted by atomic mass is 10.0. The Morgan fingerprint density at radius 3 is 2.29 bits per heavy atom. The van der Waals surface area contributed by atoms with E-state index in [1.807, 2.05) is 65.2 Å². The van der Waals surface area contributed by atoms with Crippen molar-refractivity contribution >= 4 is 44.1 Å². The number of methoxy groups -OCH3 is 1. The maximum Gasteiger partial charge on any atom is 0.491 e. The molecule has 8 nitrogen and oxygen atoms in total. The highest BCUT2D eigenvalue weighted by Crippen LogP contribution is 2.49. The molecule has 0 amide bonds. The number of esters is 2. The second-order valence-corrected chi connectivity index (χ2v) is 13.4. The molecule has 0 radical (unpaired) electrons. The third-order valence-corrected chi connectivity index (χ3v) is 10.2. The standard InChI is InChI=1S/C29H29F3N2O6S2/c1-39-17-34-23(20-10-6-3-7-11-20)22(19-8-4-2-5-9-19)26-24(34)21(15-33-14-18-12-13-42(37,38)16-18)25(41-26)27(35)40-28(36)29(30,31)32/h2-11,18,33,37-38H,12-17H2,1H3. The van der Waals surface area contributed by atoms with Crippen LogP contribution in [0.15, 0.2) is 60.7 Å². The highest BCUT2D eigenvalue weighted by Gasteiger charge is 2.43. The second kappa shape index (κ2) is 12.2. The summed E-state index contributed by atoms with van der Waals surface area (Å²) >= 11 is 0.958. The van der Waals surface area contributed by atoms with Gasteiger partial charge in [0.05, 0.1) is 15.9 Å². The van der Waals surface area contributed by atoms with Crippen LogP contribution in [0.3, 0.4) is 0 Å². The zero-order chi connectivity index (χ0) is 30.1. The normalized spacial score (nSPS) is 17.4. The van der Waals surface area contributed by atoms with Crippen molar-refractivity contribution in [2.24, 2.45) is 5.92 Å². The summed E-state index contributed by atoms with van der Waals surface area (Å²) in [6.07, 6.45) is -4.72. The van der Waals surface area contributed by atoms with Gasteiger partial charge in [-0.2, -0.15) is 23.8 Å². The molecule has 0 aliphatic carbocycles. The van der Waals surface area contributed by atoms with E-state index < -0.39 is 28.7 Å². The summed E-state index contributed by atoms with van der Waals surface area (Å²) < 4.78 is 71.4. The van der Waals surface area contributed by atoms with E-state index in [0.29, 0.717) is 34.5 Å². The predicted molar refractivity (Wildman–Crippen MR) is 157 cm³/mol. The molecule has 1 aliphatic heterocycles. The molecule has 42 heavy (non-hydrogen) atoms. The molecule has 1 fully saturated rings. The van der Waals surface area contributed by atoms with Gasteiger partial charge in [-0.1, -0.05) is 60.7 Å². The Hall–Kier alpha value is -3.20. The van der Waals surface area contributed by atoms with Crippen LogP contribution < -0.4 is 5.32 Å². The third-order valence-electron chi connectivity index (χ3n) is 7.04. The van der Waals surface area contributed by atoms with Crippen LogP contribution >= 0.6 is 21.9 Å². The zero-order valence-electron chi connectivity index (χ0n) is 22.5. The van der Waals surface area contributed by atoms with Crippen LogP contribution in [0.1, 0.15) is 21.7 Å². The average Bonchev–Trinajstić information content (AvgIpc) is 3.59. The summed E-state index contributed by atoms with van der Waals surface area (Å²) in [5.41, 5.74) is 4.15. The van der Waals surface area contributed by atoms with Gasteiger partial charge in [0.1, 0.15) is 11.6 Å². The van der Waals surface area contributed by atoms with Crippen LogP contribution in [0.25, 0.3) is 32.6 Å². The van der Waals surface area contributed by atoms with Crippen molar-refractivity contribution in [2.75, 3.05) is 25.2 Å². The van der Waals surface area contributed by atoms with Crippen molar-refractivity contribution in [3.05, 3.63) is 71.1 Å². The molecule has 3 N–H and O–H groups in total. The van der Waals surface area contributed by atoms with Gasteiger partial charge in [0, 0.05) is 36.3 Å². The quantitative estimate of drug-likeness (QED) is 0.140. The van der Waals surface area contributed by atoms with Gasteiger partial charge in [0.15, 0.2) is 0 Å². The molecule has 0 bridgehead atoms. The smallest absolute Gasteiger partial charge is 0.382 e. The van der Waals surface area contributed by atoms with Gasteiger partial charge in [-0.25, -0.2) is 9.59 Å². The van der Waals surface area contributed by atoms with E-state index in [9.17, 15) is 31.9 Å². The summed E-state index contributed by atoms with van der Waals surface area (Å²) in [5.74, 6) is -3.43. The van der Waals surface area contributed by atoms with Gasteiger partial charge in [0.25, 0.3) is 0 Å². The van der Waals surface area contributed by atoms with Crippen molar-refractivity contribution in [1.29, 1.82) is 0 Å². The Bertz CT molecular complexity index is 1590. The molecule has 2 aromatic carbocycles. The monoisotopic (exact) mass is 622 g/mol. The predicted octanol–water partition coefficient (Wildman–Crippen LogP) is 6.75. The highest BCUT2D eigenvalue weighted by molar-refractivity contribution is 8.24. The van der Waals surface area contributed by atoms with Crippen LogP contribution in [0.5, 0.6) is 0 Å². The number of carbonyl (C=O) groups is 2. The molecule has 5 rings (SSSR count). The zero-order valence-corrected chi connectivity index (χ0v) is 24.2. The van der Waals surface area contributed by atoms with Crippen LogP contribution in [0.2, 0.25) is 0 Å². The summed E-state index contributed by atoms with van der Waals surface area (Å²) in [6, 6.07) is 18.9.